The van der Waals surface area contributed by atoms with Gasteiger partial charge >= 0.3 is 0 Å². The molecule has 2 rings (SSSR count). The van der Waals surface area contributed by atoms with Gasteiger partial charge in [-0.25, -0.2) is 14.4 Å². The van der Waals surface area contributed by atoms with Crippen LogP contribution in [0, 0.1) is 5.82 Å². The zero-order chi connectivity index (χ0) is 16.2. The van der Waals surface area contributed by atoms with Crippen LogP contribution in [-0.2, 0) is 0 Å². The van der Waals surface area contributed by atoms with Crippen molar-refractivity contribution in [2.45, 2.75) is 56.2 Å². The molecule has 0 N–H and O–H groups in total. The quantitative estimate of drug-likeness (QED) is 0.368. The van der Waals surface area contributed by atoms with E-state index in [4.69, 9.17) is 0 Å². The van der Waals surface area contributed by atoms with Gasteiger partial charge in [0.25, 0.3) is 0 Å². The van der Waals surface area contributed by atoms with Gasteiger partial charge in [0.1, 0.15) is 17.2 Å². The van der Waals surface area contributed by atoms with E-state index in [9.17, 15) is 4.39 Å². The topological polar surface area (TPSA) is 25.8 Å². The highest BCUT2D eigenvalue weighted by Gasteiger charge is 2.29. The number of hydrogen-bond donors (Lipinski definition) is 0. The van der Waals surface area contributed by atoms with Gasteiger partial charge in [0, 0.05) is 10.1 Å². The van der Waals surface area contributed by atoms with Crippen LogP contribution in [0.1, 0.15) is 46.5 Å². The Balaban J connectivity index is 2.42. The summed E-state index contributed by atoms with van der Waals surface area (Å²) in [4.78, 5) is 8.63. The van der Waals surface area contributed by atoms with Crippen molar-refractivity contribution >= 4 is 22.7 Å². The summed E-state index contributed by atoms with van der Waals surface area (Å²) in [6.07, 6.45) is 5.73. The maximum atomic E-state index is 13.6. The molecule has 0 fully saturated rings. The average molecular weight is 318 g/mol. The summed E-state index contributed by atoms with van der Waals surface area (Å²) in [5.74, 6) is -0.256. The molecule has 1 heterocycles. The van der Waals surface area contributed by atoms with Crippen LogP contribution in [0.25, 0.3) is 10.9 Å². The van der Waals surface area contributed by atoms with Crippen LogP contribution in [0.5, 0.6) is 0 Å². The number of aromatic nitrogens is 2. The first-order chi connectivity index (χ1) is 10.5. The van der Waals surface area contributed by atoms with Gasteiger partial charge in [-0.1, -0.05) is 50.6 Å². The standard InChI is InChI=1S/C18H23FN2S/c1-5-7-13(3)18(4,10-6-2)22-17-15-11-14(19)8-9-16(15)20-12-21-17/h8-9,11-12H,3,5-7,10H2,1-2,4H3. The molecule has 0 aliphatic carbocycles. The van der Waals surface area contributed by atoms with E-state index >= 15 is 0 Å². The summed E-state index contributed by atoms with van der Waals surface area (Å²) in [5, 5.41) is 1.61. The van der Waals surface area contributed by atoms with Gasteiger partial charge in [-0.3, -0.25) is 0 Å². The lowest BCUT2D eigenvalue weighted by molar-refractivity contribution is 0.621. The molecule has 1 unspecified atom stereocenters. The van der Waals surface area contributed by atoms with Gasteiger partial charge in [-0.15, -0.1) is 0 Å². The van der Waals surface area contributed by atoms with Gasteiger partial charge in [-0.2, -0.15) is 0 Å². The lowest BCUT2D eigenvalue weighted by atomic mass is 9.93. The fourth-order valence-electron chi connectivity index (χ4n) is 2.64. The molecule has 0 saturated carbocycles. The van der Waals surface area contributed by atoms with Gasteiger partial charge in [0.05, 0.1) is 5.52 Å². The minimum Gasteiger partial charge on any atom is -0.236 e. The van der Waals surface area contributed by atoms with Crippen molar-refractivity contribution in [2.24, 2.45) is 0 Å². The summed E-state index contributed by atoms with van der Waals surface area (Å²) in [5.41, 5.74) is 2.00. The predicted octanol–water partition coefficient (Wildman–Crippen LogP) is 5.78. The first-order valence-electron chi connectivity index (χ1n) is 7.77. The molecule has 0 aliphatic heterocycles. The van der Waals surface area contributed by atoms with Crippen LogP contribution < -0.4 is 0 Å². The summed E-state index contributed by atoms with van der Waals surface area (Å²) < 4.78 is 13.5. The van der Waals surface area contributed by atoms with Gasteiger partial charge in [0.2, 0.25) is 0 Å². The minimum atomic E-state index is -0.256. The van der Waals surface area contributed by atoms with Gasteiger partial charge in [0.15, 0.2) is 0 Å². The molecule has 2 nitrogen and oxygen atoms in total. The Morgan fingerprint density at radius 3 is 2.73 bits per heavy atom. The van der Waals surface area contributed by atoms with Crippen LogP contribution in [0.15, 0.2) is 41.7 Å². The highest BCUT2D eigenvalue weighted by molar-refractivity contribution is 8.01. The third-order valence-corrected chi connectivity index (χ3v) is 5.37. The molecular weight excluding hydrogens is 295 g/mol. The summed E-state index contributed by atoms with van der Waals surface area (Å²) >= 11 is 1.68. The van der Waals surface area contributed by atoms with Crippen molar-refractivity contribution in [1.29, 1.82) is 0 Å². The molecule has 1 aromatic heterocycles. The number of benzene rings is 1. The molecule has 0 radical (unpaired) electrons. The second-order valence-corrected chi connectivity index (χ2v) is 7.27. The van der Waals surface area contributed by atoms with E-state index in [1.165, 1.54) is 17.7 Å². The maximum absolute atomic E-state index is 13.6. The van der Waals surface area contributed by atoms with Crippen molar-refractivity contribution in [3.63, 3.8) is 0 Å². The molecule has 22 heavy (non-hydrogen) atoms. The Labute approximate surface area is 136 Å². The van der Waals surface area contributed by atoms with E-state index < -0.39 is 0 Å². The zero-order valence-electron chi connectivity index (χ0n) is 13.5. The number of halogens is 1. The highest BCUT2D eigenvalue weighted by atomic mass is 32.2. The SMILES string of the molecule is C=C(CCC)C(C)(CCC)Sc1ncnc2ccc(F)cc12. The van der Waals surface area contributed by atoms with Crippen molar-refractivity contribution in [3.05, 3.63) is 42.5 Å². The Morgan fingerprint density at radius 2 is 2.05 bits per heavy atom. The largest absolute Gasteiger partial charge is 0.236 e. The number of fused-ring (bicyclic) bond motifs is 1. The molecule has 0 amide bonds. The highest BCUT2D eigenvalue weighted by Crippen LogP contribution is 2.43. The monoisotopic (exact) mass is 318 g/mol. The molecular formula is C18H23FN2S. The summed E-state index contributed by atoms with van der Waals surface area (Å²) in [6.45, 7) is 10.8. The third kappa shape index (κ3) is 3.67. The third-order valence-electron chi connectivity index (χ3n) is 3.91. The fraction of sp³-hybridized carbons (Fsp3) is 0.444. The van der Waals surface area contributed by atoms with Crippen molar-refractivity contribution in [2.75, 3.05) is 0 Å². The van der Waals surface area contributed by atoms with Crippen molar-refractivity contribution in [1.82, 2.24) is 9.97 Å². The zero-order valence-corrected chi connectivity index (χ0v) is 14.3. The van der Waals surface area contributed by atoms with E-state index in [0.29, 0.717) is 0 Å². The molecule has 0 saturated heterocycles. The number of thioether (sulfide) groups is 1. The lowest BCUT2D eigenvalue weighted by Gasteiger charge is -2.31. The summed E-state index contributed by atoms with van der Waals surface area (Å²) in [6, 6.07) is 4.66. The molecule has 1 atom stereocenters. The molecule has 2 aromatic rings. The molecule has 4 heteroatoms. The normalized spacial score (nSPS) is 14.0. The smallest absolute Gasteiger partial charge is 0.124 e. The Kier molecular flexibility index (Phi) is 5.57. The second-order valence-electron chi connectivity index (χ2n) is 5.78. The molecule has 118 valence electrons. The second kappa shape index (κ2) is 7.23. The maximum Gasteiger partial charge on any atom is 0.124 e. The van der Waals surface area contributed by atoms with Crippen LogP contribution in [-0.4, -0.2) is 14.7 Å². The van der Waals surface area contributed by atoms with Crippen LogP contribution >= 0.6 is 11.8 Å². The van der Waals surface area contributed by atoms with Crippen LogP contribution in [0.3, 0.4) is 0 Å². The summed E-state index contributed by atoms with van der Waals surface area (Å²) in [7, 11) is 0. The van der Waals surface area contributed by atoms with E-state index in [0.717, 1.165) is 41.6 Å². The number of hydrogen-bond acceptors (Lipinski definition) is 3. The van der Waals surface area contributed by atoms with Gasteiger partial charge < -0.3 is 0 Å². The molecule has 0 spiro atoms. The van der Waals surface area contributed by atoms with E-state index in [1.807, 2.05) is 0 Å². The van der Waals surface area contributed by atoms with Crippen molar-refractivity contribution < 1.29 is 4.39 Å². The Hall–Kier alpha value is -1.42. The molecule has 0 bridgehead atoms. The lowest BCUT2D eigenvalue weighted by Crippen LogP contribution is -2.22. The van der Waals surface area contributed by atoms with Gasteiger partial charge in [-0.05, 0) is 38.0 Å². The molecule has 1 aromatic carbocycles. The van der Waals surface area contributed by atoms with Crippen molar-refractivity contribution in [3.8, 4) is 0 Å². The number of rotatable bonds is 7. The average Bonchev–Trinajstić information content (AvgIpc) is 2.48. The number of nitrogens with zero attached hydrogens (tertiary/aromatic N) is 2. The fourth-order valence-corrected chi connectivity index (χ4v) is 4.00. The molecule has 0 aliphatic rings. The van der Waals surface area contributed by atoms with Crippen LogP contribution in [0.4, 0.5) is 4.39 Å². The first kappa shape index (κ1) is 16.9. The van der Waals surface area contributed by atoms with Crippen LogP contribution in [0.2, 0.25) is 0 Å². The Morgan fingerprint density at radius 1 is 1.27 bits per heavy atom. The minimum absolute atomic E-state index is 0.0850. The Bertz CT molecular complexity index is 671. The predicted molar refractivity (Wildman–Crippen MR) is 92.7 cm³/mol. The van der Waals surface area contributed by atoms with E-state index in [2.05, 4.69) is 37.3 Å². The van der Waals surface area contributed by atoms with E-state index in [-0.39, 0.29) is 10.6 Å². The van der Waals surface area contributed by atoms with E-state index in [1.54, 1.807) is 24.2 Å². The first-order valence-corrected chi connectivity index (χ1v) is 8.59.